The van der Waals surface area contributed by atoms with E-state index in [0.717, 1.165) is 77.3 Å². The van der Waals surface area contributed by atoms with E-state index in [9.17, 15) is 0 Å². The molecule has 0 aliphatic rings. The molecule has 0 N–H and O–H groups in total. The third kappa shape index (κ3) is 4.51. The van der Waals surface area contributed by atoms with E-state index in [0.29, 0.717) is 0 Å². The highest BCUT2D eigenvalue weighted by atomic mass is 16.3. The van der Waals surface area contributed by atoms with Crippen LogP contribution in [-0.4, -0.2) is 0 Å². The van der Waals surface area contributed by atoms with Crippen molar-refractivity contribution >= 4 is 71.7 Å². The van der Waals surface area contributed by atoms with Crippen LogP contribution >= 0.6 is 0 Å². The molecule has 8 aromatic carbocycles. The van der Waals surface area contributed by atoms with Gasteiger partial charge in [-0.25, -0.2) is 0 Å². The Morgan fingerprint density at radius 2 is 0.959 bits per heavy atom. The van der Waals surface area contributed by atoms with Crippen LogP contribution in [-0.2, 0) is 0 Å². The first-order valence-corrected chi connectivity index (χ1v) is 16.6. The highest BCUT2D eigenvalue weighted by molar-refractivity contribution is 6.19. The van der Waals surface area contributed by atoms with Gasteiger partial charge < -0.3 is 13.7 Å². The zero-order valence-corrected chi connectivity index (χ0v) is 26.5. The molecule has 0 fully saturated rings. The maximum absolute atomic E-state index is 6.62. The van der Waals surface area contributed by atoms with Gasteiger partial charge in [0.25, 0.3) is 0 Å². The summed E-state index contributed by atoms with van der Waals surface area (Å²) in [5.41, 5.74) is 11.5. The van der Waals surface area contributed by atoms with Gasteiger partial charge in [-0.05, 0) is 82.2 Å². The topological polar surface area (TPSA) is 29.5 Å². The normalized spacial score (nSPS) is 11.7. The van der Waals surface area contributed by atoms with Gasteiger partial charge in [-0.15, -0.1) is 0 Å². The third-order valence-electron chi connectivity index (χ3n) is 9.68. The van der Waals surface area contributed by atoms with E-state index >= 15 is 0 Å². The lowest BCUT2D eigenvalue weighted by Crippen LogP contribution is -2.10. The number of rotatable bonds is 5. The van der Waals surface area contributed by atoms with E-state index in [1.165, 1.54) is 16.7 Å². The zero-order chi connectivity index (χ0) is 32.3. The molecule has 0 saturated carbocycles. The molecule has 10 rings (SSSR count). The lowest BCUT2D eigenvalue weighted by molar-refractivity contribution is 0.669. The summed E-state index contributed by atoms with van der Waals surface area (Å²) >= 11 is 0. The first-order valence-electron chi connectivity index (χ1n) is 16.6. The van der Waals surface area contributed by atoms with Gasteiger partial charge >= 0.3 is 0 Å². The van der Waals surface area contributed by atoms with Crippen molar-refractivity contribution in [3.63, 3.8) is 0 Å². The number of nitrogens with zero attached hydrogens (tertiary/aromatic N) is 1. The summed E-state index contributed by atoms with van der Waals surface area (Å²) in [5, 5.41) is 6.65. The summed E-state index contributed by atoms with van der Waals surface area (Å²) in [6, 6.07) is 62.0. The molecule has 3 nitrogen and oxygen atoms in total. The Bertz CT molecular complexity index is 2810. The smallest absolute Gasteiger partial charge is 0.143 e. The Kier molecular flexibility index (Phi) is 6.18. The highest BCUT2D eigenvalue weighted by Crippen LogP contribution is 2.45. The molecule has 0 aliphatic heterocycles. The van der Waals surface area contributed by atoms with Crippen molar-refractivity contribution in [2.24, 2.45) is 0 Å². The summed E-state index contributed by atoms with van der Waals surface area (Å²) in [6.07, 6.45) is 0. The molecule has 0 bridgehead atoms. The molecular formula is C46H29NO2. The van der Waals surface area contributed by atoms with Gasteiger partial charge in [0.1, 0.15) is 22.3 Å². The average molecular weight is 628 g/mol. The largest absolute Gasteiger partial charge is 0.456 e. The van der Waals surface area contributed by atoms with Crippen LogP contribution in [0.3, 0.4) is 0 Å². The SMILES string of the molecule is c1ccc(-c2ccc(-c3ccc(N(c4ccc5oc6ccccc6c5c4)c4cccc5oc6c7ccccc7ccc6c45)cc3)cc2)cc1. The molecule has 0 radical (unpaired) electrons. The lowest BCUT2D eigenvalue weighted by Gasteiger charge is -2.26. The zero-order valence-electron chi connectivity index (χ0n) is 26.5. The Balaban J connectivity index is 1.15. The van der Waals surface area contributed by atoms with Crippen LogP contribution in [0.25, 0.3) is 76.9 Å². The second-order valence-electron chi connectivity index (χ2n) is 12.5. The fourth-order valence-electron chi connectivity index (χ4n) is 7.29. The van der Waals surface area contributed by atoms with E-state index in [1.807, 2.05) is 12.1 Å². The highest BCUT2D eigenvalue weighted by Gasteiger charge is 2.21. The Morgan fingerprint density at radius 3 is 1.76 bits per heavy atom. The van der Waals surface area contributed by atoms with E-state index in [2.05, 4.69) is 169 Å². The van der Waals surface area contributed by atoms with E-state index in [4.69, 9.17) is 8.83 Å². The monoisotopic (exact) mass is 627 g/mol. The summed E-state index contributed by atoms with van der Waals surface area (Å²) in [5.74, 6) is 0. The van der Waals surface area contributed by atoms with Crippen LogP contribution < -0.4 is 4.90 Å². The van der Waals surface area contributed by atoms with Crippen molar-refractivity contribution in [2.45, 2.75) is 0 Å². The van der Waals surface area contributed by atoms with Gasteiger partial charge in [0, 0.05) is 32.9 Å². The van der Waals surface area contributed by atoms with Crippen LogP contribution in [0.5, 0.6) is 0 Å². The molecule has 0 spiro atoms. The number of hydrogen-bond acceptors (Lipinski definition) is 3. The van der Waals surface area contributed by atoms with Crippen molar-refractivity contribution in [2.75, 3.05) is 4.90 Å². The second-order valence-corrected chi connectivity index (χ2v) is 12.5. The third-order valence-corrected chi connectivity index (χ3v) is 9.68. The molecule has 3 heteroatoms. The number of benzene rings is 8. The minimum Gasteiger partial charge on any atom is -0.456 e. The molecule has 2 heterocycles. The van der Waals surface area contributed by atoms with Crippen molar-refractivity contribution in [1.29, 1.82) is 0 Å². The second kappa shape index (κ2) is 11.0. The van der Waals surface area contributed by atoms with Crippen molar-refractivity contribution in [3.05, 3.63) is 176 Å². The van der Waals surface area contributed by atoms with Gasteiger partial charge in [-0.1, -0.05) is 121 Å². The van der Waals surface area contributed by atoms with E-state index in [1.54, 1.807) is 0 Å². The van der Waals surface area contributed by atoms with Gasteiger partial charge in [0.2, 0.25) is 0 Å². The molecular weight excluding hydrogens is 599 g/mol. The Hall–Kier alpha value is -6.58. The Labute approximate surface area is 282 Å². The Morgan fingerprint density at radius 1 is 0.347 bits per heavy atom. The first kappa shape index (κ1) is 27.5. The van der Waals surface area contributed by atoms with Crippen LogP contribution in [0, 0.1) is 0 Å². The maximum atomic E-state index is 6.62. The summed E-state index contributed by atoms with van der Waals surface area (Å²) in [4.78, 5) is 2.34. The molecule has 0 aliphatic carbocycles. The fourth-order valence-corrected chi connectivity index (χ4v) is 7.29. The summed E-state index contributed by atoms with van der Waals surface area (Å²) in [7, 11) is 0. The quantitative estimate of drug-likeness (QED) is 0.190. The van der Waals surface area contributed by atoms with Gasteiger partial charge in [0.15, 0.2) is 0 Å². The number of anilines is 3. The number of furan rings is 2. The molecule has 0 amide bonds. The fraction of sp³-hybridized carbons (Fsp3) is 0. The summed E-state index contributed by atoms with van der Waals surface area (Å²) < 4.78 is 12.8. The number of hydrogen-bond donors (Lipinski definition) is 0. The van der Waals surface area contributed by atoms with Crippen molar-refractivity contribution in [3.8, 4) is 22.3 Å². The summed E-state index contributed by atoms with van der Waals surface area (Å²) in [6.45, 7) is 0. The predicted molar refractivity (Wildman–Crippen MR) is 204 cm³/mol. The van der Waals surface area contributed by atoms with Gasteiger partial charge in [0.05, 0.1) is 11.1 Å². The molecule has 0 unspecified atom stereocenters. The first-order chi connectivity index (χ1) is 24.3. The van der Waals surface area contributed by atoms with Crippen molar-refractivity contribution < 1.29 is 8.83 Å². The van der Waals surface area contributed by atoms with E-state index in [-0.39, 0.29) is 0 Å². The standard InChI is InChI=1S/C46H29NO2/c1-2-9-30(10-3-1)31-17-19-32(20-18-31)33-21-24-35(25-22-33)47(36-26-28-43-40(29-36)38-13-6-7-15-42(38)48-43)41-14-8-16-44-45(41)39-27-23-34-11-4-5-12-37(34)46(39)49-44/h1-29H. The molecule has 0 atom stereocenters. The van der Waals surface area contributed by atoms with Gasteiger partial charge in [-0.2, -0.15) is 0 Å². The number of para-hydroxylation sites is 1. The molecule has 10 aromatic rings. The molecule has 2 aromatic heterocycles. The van der Waals surface area contributed by atoms with Crippen LogP contribution in [0.15, 0.2) is 185 Å². The van der Waals surface area contributed by atoms with Crippen LogP contribution in [0.2, 0.25) is 0 Å². The van der Waals surface area contributed by atoms with E-state index < -0.39 is 0 Å². The minimum atomic E-state index is 0.860. The lowest BCUT2D eigenvalue weighted by atomic mass is 10.00. The molecule has 0 saturated heterocycles. The van der Waals surface area contributed by atoms with Crippen molar-refractivity contribution in [1.82, 2.24) is 0 Å². The molecule has 230 valence electrons. The maximum Gasteiger partial charge on any atom is 0.143 e. The van der Waals surface area contributed by atoms with Crippen LogP contribution in [0.1, 0.15) is 0 Å². The number of fused-ring (bicyclic) bond motifs is 8. The molecule has 49 heavy (non-hydrogen) atoms. The van der Waals surface area contributed by atoms with Gasteiger partial charge in [-0.3, -0.25) is 0 Å². The minimum absolute atomic E-state index is 0.860. The predicted octanol–water partition coefficient (Wildman–Crippen LogP) is 13.4. The average Bonchev–Trinajstić information content (AvgIpc) is 3.75. The van der Waals surface area contributed by atoms with Crippen LogP contribution in [0.4, 0.5) is 17.1 Å².